The number of fused-ring (bicyclic) bond motifs is 1. The van der Waals surface area contributed by atoms with E-state index in [1.165, 1.54) is 0 Å². The molecule has 1 aliphatic carbocycles. The quantitative estimate of drug-likeness (QED) is 0.823. The predicted octanol–water partition coefficient (Wildman–Crippen LogP) is 1.13. The Kier molecular flexibility index (Phi) is 4.10. The molecule has 3 fully saturated rings. The number of imidazole rings is 1. The number of hydrogen-bond donors (Lipinski definition) is 2. The van der Waals surface area contributed by atoms with Gasteiger partial charge in [0.1, 0.15) is 11.9 Å². The maximum Gasteiger partial charge on any atom is 0.223 e. The van der Waals surface area contributed by atoms with Gasteiger partial charge in [-0.1, -0.05) is 0 Å². The number of aromatic nitrogens is 3. The summed E-state index contributed by atoms with van der Waals surface area (Å²) in [6, 6.07) is 0. The molecule has 1 spiro atoms. The molecule has 150 valence electrons. The van der Waals surface area contributed by atoms with Crippen LogP contribution in [0.25, 0.3) is 5.65 Å². The molecule has 2 saturated heterocycles. The molecule has 3 aliphatic rings. The first kappa shape index (κ1) is 17.9. The molecule has 0 unspecified atom stereocenters. The van der Waals surface area contributed by atoms with Crippen LogP contribution in [0.4, 0.5) is 5.82 Å². The van der Waals surface area contributed by atoms with E-state index < -0.39 is 11.6 Å². The van der Waals surface area contributed by atoms with Crippen LogP contribution in [0, 0.1) is 5.92 Å². The van der Waals surface area contributed by atoms with Crippen molar-refractivity contribution in [2.45, 2.75) is 56.3 Å². The lowest BCUT2D eigenvalue weighted by atomic mass is 9.74. The second-order valence-electron chi connectivity index (χ2n) is 8.78. The van der Waals surface area contributed by atoms with Crippen molar-refractivity contribution < 1.29 is 14.6 Å². The Morgan fingerprint density at radius 1 is 1.32 bits per heavy atom. The number of aliphatic hydroxyl groups excluding tert-OH is 1. The normalized spacial score (nSPS) is 29.9. The number of anilines is 1. The zero-order valence-corrected chi connectivity index (χ0v) is 16.2. The molecule has 2 atom stereocenters. The molecule has 1 amide bonds. The van der Waals surface area contributed by atoms with Gasteiger partial charge >= 0.3 is 0 Å². The first-order valence-electron chi connectivity index (χ1n) is 10.1. The highest BCUT2D eigenvalue weighted by atomic mass is 16.5. The van der Waals surface area contributed by atoms with Gasteiger partial charge in [-0.25, -0.2) is 4.98 Å². The standard InChI is InChI=1S/C20H27N5O3/c1-19(23-18(27)14-2-3-14)13-20(28-12-15(19)26)4-7-24(8-5-20)17-11-21-10-16-22-6-9-25(16)17/h6,9-11,14-15,26H,2-5,7-8,12-13H2,1H3,(H,23,27)/t15-,19-/m1/s1. The molecule has 0 aromatic carbocycles. The summed E-state index contributed by atoms with van der Waals surface area (Å²) in [6.07, 6.45) is 10.9. The molecule has 0 bridgehead atoms. The van der Waals surface area contributed by atoms with E-state index in [0.29, 0.717) is 6.42 Å². The van der Waals surface area contributed by atoms with E-state index in [1.807, 2.05) is 19.3 Å². The summed E-state index contributed by atoms with van der Waals surface area (Å²) in [6.45, 7) is 3.90. The van der Waals surface area contributed by atoms with Gasteiger partial charge in [0, 0.05) is 37.8 Å². The number of ether oxygens (including phenoxy) is 1. The van der Waals surface area contributed by atoms with E-state index in [2.05, 4.69) is 24.6 Å². The summed E-state index contributed by atoms with van der Waals surface area (Å²) < 4.78 is 8.22. The number of nitrogens with zero attached hydrogens (tertiary/aromatic N) is 4. The second-order valence-corrected chi connectivity index (χ2v) is 8.78. The van der Waals surface area contributed by atoms with Gasteiger partial charge < -0.3 is 20.1 Å². The summed E-state index contributed by atoms with van der Waals surface area (Å²) >= 11 is 0. The Balaban J connectivity index is 1.31. The molecule has 2 aromatic heterocycles. The van der Waals surface area contributed by atoms with E-state index in [1.54, 1.807) is 12.4 Å². The average molecular weight is 385 g/mol. The zero-order chi connectivity index (χ0) is 19.4. The lowest BCUT2D eigenvalue weighted by Crippen LogP contribution is -2.66. The smallest absolute Gasteiger partial charge is 0.223 e. The van der Waals surface area contributed by atoms with Crippen LogP contribution in [0.2, 0.25) is 0 Å². The molecule has 8 heteroatoms. The van der Waals surface area contributed by atoms with E-state index in [0.717, 1.165) is 50.2 Å². The van der Waals surface area contributed by atoms with E-state index in [4.69, 9.17) is 4.74 Å². The van der Waals surface area contributed by atoms with Crippen LogP contribution in [0.5, 0.6) is 0 Å². The molecule has 2 N–H and O–H groups in total. The van der Waals surface area contributed by atoms with Crippen molar-refractivity contribution in [2.24, 2.45) is 5.92 Å². The van der Waals surface area contributed by atoms with Gasteiger partial charge in [0.25, 0.3) is 0 Å². The summed E-state index contributed by atoms with van der Waals surface area (Å²) in [5.41, 5.74) is -0.103. The first-order chi connectivity index (χ1) is 13.5. The fourth-order valence-electron chi connectivity index (χ4n) is 4.67. The fraction of sp³-hybridized carbons (Fsp3) is 0.650. The number of piperidine rings is 1. The van der Waals surface area contributed by atoms with Crippen LogP contribution in [0.3, 0.4) is 0 Å². The summed E-state index contributed by atoms with van der Waals surface area (Å²) in [7, 11) is 0. The van der Waals surface area contributed by atoms with Crippen LogP contribution in [0.1, 0.15) is 39.0 Å². The Bertz CT molecular complexity index is 887. The molecule has 28 heavy (non-hydrogen) atoms. The third-order valence-corrected chi connectivity index (χ3v) is 6.62. The van der Waals surface area contributed by atoms with Crippen molar-refractivity contribution in [1.29, 1.82) is 0 Å². The highest BCUT2D eigenvalue weighted by Crippen LogP contribution is 2.41. The summed E-state index contributed by atoms with van der Waals surface area (Å²) in [5, 5.41) is 13.7. The molecule has 2 aliphatic heterocycles. The van der Waals surface area contributed by atoms with Gasteiger partial charge in [0.05, 0.1) is 30.1 Å². The fourth-order valence-corrected chi connectivity index (χ4v) is 4.67. The molecule has 2 aromatic rings. The number of carbonyl (C=O) groups excluding carboxylic acids is 1. The highest BCUT2D eigenvalue weighted by Gasteiger charge is 2.51. The number of hydrogen-bond acceptors (Lipinski definition) is 6. The SMILES string of the molecule is C[C@@]1(NC(=O)C2CC2)CC2(CCN(c3cncc4nccn34)CC2)OC[C@H]1O. The highest BCUT2D eigenvalue weighted by molar-refractivity contribution is 5.81. The van der Waals surface area contributed by atoms with Gasteiger partial charge in [0.15, 0.2) is 5.65 Å². The Hall–Kier alpha value is -2.19. The first-order valence-corrected chi connectivity index (χ1v) is 10.1. The number of aliphatic hydroxyl groups is 1. The predicted molar refractivity (Wildman–Crippen MR) is 103 cm³/mol. The second kappa shape index (κ2) is 6.42. The number of carbonyl (C=O) groups is 1. The van der Waals surface area contributed by atoms with E-state index >= 15 is 0 Å². The van der Waals surface area contributed by atoms with Gasteiger partial charge in [-0.2, -0.15) is 0 Å². The third-order valence-electron chi connectivity index (χ3n) is 6.62. The molecular weight excluding hydrogens is 358 g/mol. The molecule has 5 rings (SSSR count). The van der Waals surface area contributed by atoms with Crippen LogP contribution < -0.4 is 10.2 Å². The van der Waals surface area contributed by atoms with Crippen molar-refractivity contribution in [1.82, 2.24) is 19.7 Å². The lowest BCUT2D eigenvalue weighted by Gasteiger charge is -2.52. The van der Waals surface area contributed by atoms with E-state index in [9.17, 15) is 9.90 Å². The van der Waals surface area contributed by atoms with Crippen molar-refractivity contribution in [2.75, 3.05) is 24.6 Å². The Morgan fingerprint density at radius 3 is 2.86 bits per heavy atom. The average Bonchev–Trinajstić information content (AvgIpc) is 3.43. The van der Waals surface area contributed by atoms with Crippen molar-refractivity contribution in [3.05, 3.63) is 24.8 Å². The maximum atomic E-state index is 12.3. The molecular formula is C20H27N5O3. The zero-order valence-electron chi connectivity index (χ0n) is 16.2. The lowest BCUT2D eigenvalue weighted by molar-refractivity contribution is -0.173. The molecule has 0 radical (unpaired) electrons. The topological polar surface area (TPSA) is 92.0 Å². The Labute approximate surface area is 163 Å². The van der Waals surface area contributed by atoms with Crippen molar-refractivity contribution in [3.8, 4) is 0 Å². The van der Waals surface area contributed by atoms with Crippen LogP contribution in [-0.2, 0) is 9.53 Å². The maximum absolute atomic E-state index is 12.3. The van der Waals surface area contributed by atoms with E-state index in [-0.39, 0.29) is 24.0 Å². The monoisotopic (exact) mass is 385 g/mol. The minimum absolute atomic E-state index is 0.0777. The van der Waals surface area contributed by atoms with Gasteiger partial charge in [-0.05, 0) is 32.6 Å². The minimum Gasteiger partial charge on any atom is -0.388 e. The third kappa shape index (κ3) is 3.04. The van der Waals surface area contributed by atoms with Crippen molar-refractivity contribution in [3.63, 3.8) is 0 Å². The van der Waals surface area contributed by atoms with Crippen LogP contribution in [0.15, 0.2) is 24.8 Å². The number of nitrogens with one attached hydrogen (secondary N) is 1. The number of amides is 1. The minimum atomic E-state index is -0.678. The van der Waals surface area contributed by atoms with Gasteiger partial charge in [-0.3, -0.25) is 14.2 Å². The summed E-state index contributed by atoms with van der Waals surface area (Å²) in [5.74, 6) is 1.24. The summed E-state index contributed by atoms with van der Waals surface area (Å²) in [4.78, 5) is 23.3. The van der Waals surface area contributed by atoms with Gasteiger partial charge in [0.2, 0.25) is 5.91 Å². The molecule has 8 nitrogen and oxygen atoms in total. The van der Waals surface area contributed by atoms with Crippen LogP contribution in [-0.4, -0.2) is 62.3 Å². The number of rotatable bonds is 3. The van der Waals surface area contributed by atoms with Gasteiger partial charge in [-0.15, -0.1) is 0 Å². The van der Waals surface area contributed by atoms with Crippen LogP contribution >= 0.6 is 0 Å². The Morgan fingerprint density at radius 2 is 2.11 bits per heavy atom. The molecule has 1 saturated carbocycles. The largest absolute Gasteiger partial charge is 0.388 e. The van der Waals surface area contributed by atoms with Crippen molar-refractivity contribution >= 4 is 17.4 Å². The molecule has 4 heterocycles.